The molecule has 0 unspecified atom stereocenters. The first-order chi connectivity index (χ1) is 13.9. The molecule has 0 spiro atoms. The Kier molecular flexibility index (Phi) is 5.88. The van der Waals surface area contributed by atoms with E-state index in [1.54, 1.807) is 10.7 Å². The molecule has 4 heterocycles. The average molecular weight is 399 g/mol. The van der Waals surface area contributed by atoms with Crippen LogP contribution in [0.25, 0.3) is 0 Å². The fraction of sp³-hybridized carbons (Fsp3) is 0.682. The van der Waals surface area contributed by atoms with E-state index in [1.165, 1.54) is 30.8 Å². The second-order valence-corrected chi connectivity index (χ2v) is 9.42. The maximum atomic E-state index is 12.2. The van der Waals surface area contributed by atoms with Gasteiger partial charge in [-0.2, -0.15) is 5.10 Å². The SMILES string of the molecule is CC(C)(C)c1ccc(=O)n(CCN2CCN(Cc3ncc4n3CCCC4)CC2)n1. The number of aromatic nitrogens is 4. The van der Waals surface area contributed by atoms with Gasteiger partial charge in [0, 0.05) is 62.6 Å². The van der Waals surface area contributed by atoms with Gasteiger partial charge in [-0.1, -0.05) is 20.8 Å². The lowest BCUT2D eigenvalue weighted by molar-refractivity contribution is 0.119. The minimum atomic E-state index is -0.0485. The van der Waals surface area contributed by atoms with Crippen LogP contribution in [0.5, 0.6) is 0 Å². The number of hydrogen-bond donors (Lipinski definition) is 0. The Labute approximate surface area is 173 Å². The summed E-state index contributed by atoms with van der Waals surface area (Å²) < 4.78 is 4.06. The molecule has 7 heteroatoms. The smallest absolute Gasteiger partial charge is 0.266 e. The maximum Gasteiger partial charge on any atom is 0.266 e. The zero-order chi connectivity index (χ0) is 20.4. The summed E-state index contributed by atoms with van der Waals surface area (Å²) in [6.07, 6.45) is 5.81. The van der Waals surface area contributed by atoms with Crippen LogP contribution >= 0.6 is 0 Å². The molecule has 4 rings (SSSR count). The van der Waals surface area contributed by atoms with Crippen molar-refractivity contribution in [1.29, 1.82) is 0 Å². The number of aryl methyl sites for hydroxylation is 1. The average Bonchev–Trinajstić information content (AvgIpc) is 3.10. The van der Waals surface area contributed by atoms with Gasteiger partial charge in [-0.05, 0) is 25.3 Å². The van der Waals surface area contributed by atoms with Crippen LogP contribution < -0.4 is 5.56 Å². The Balaban J connectivity index is 1.28. The van der Waals surface area contributed by atoms with Gasteiger partial charge >= 0.3 is 0 Å². The largest absolute Gasteiger partial charge is 0.331 e. The zero-order valence-electron chi connectivity index (χ0n) is 18.1. The van der Waals surface area contributed by atoms with Gasteiger partial charge in [-0.25, -0.2) is 9.67 Å². The maximum absolute atomic E-state index is 12.2. The van der Waals surface area contributed by atoms with E-state index in [0.717, 1.165) is 51.5 Å². The van der Waals surface area contributed by atoms with Gasteiger partial charge in [0.05, 0.1) is 18.8 Å². The number of imidazole rings is 1. The van der Waals surface area contributed by atoms with Crippen LogP contribution in [0.2, 0.25) is 0 Å². The molecule has 2 aliphatic heterocycles. The van der Waals surface area contributed by atoms with Gasteiger partial charge in [-0.15, -0.1) is 0 Å². The molecule has 1 fully saturated rings. The van der Waals surface area contributed by atoms with Crippen molar-refractivity contribution in [3.05, 3.63) is 45.9 Å². The number of fused-ring (bicyclic) bond motifs is 1. The van der Waals surface area contributed by atoms with Crippen molar-refractivity contribution in [3.8, 4) is 0 Å². The van der Waals surface area contributed by atoms with Crippen molar-refractivity contribution in [2.75, 3.05) is 32.7 Å². The highest BCUT2D eigenvalue weighted by atomic mass is 16.1. The lowest BCUT2D eigenvalue weighted by Gasteiger charge is -2.34. The molecule has 0 aromatic carbocycles. The van der Waals surface area contributed by atoms with Crippen molar-refractivity contribution >= 4 is 0 Å². The summed E-state index contributed by atoms with van der Waals surface area (Å²) in [6, 6.07) is 3.50. The molecule has 1 saturated heterocycles. The lowest BCUT2D eigenvalue weighted by Crippen LogP contribution is -2.47. The molecule has 0 amide bonds. The molecule has 0 N–H and O–H groups in total. The number of rotatable bonds is 5. The van der Waals surface area contributed by atoms with Crippen LogP contribution in [0.1, 0.15) is 50.8 Å². The van der Waals surface area contributed by atoms with E-state index in [-0.39, 0.29) is 11.0 Å². The van der Waals surface area contributed by atoms with Gasteiger partial charge < -0.3 is 4.57 Å². The third kappa shape index (κ3) is 4.78. The molecule has 29 heavy (non-hydrogen) atoms. The van der Waals surface area contributed by atoms with Gasteiger partial charge in [0.25, 0.3) is 5.56 Å². The van der Waals surface area contributed by atoms with Crippen LogP contribution in [0.15, 0.2) is 23.1 Å². The van der Waals surface area contributed by atoms with Crippen LogP contribution in [-0.4, -0.2) is 61.9 Å². The summed E-state index contributed by atoms with van der Waals surface area (Å²) in [7, 11) is 0. The van der Waals surface area contributed by atoms with Crippen molar-refractivity contribution in [3.63, 3.8) is 0 Å². The molecule has 2 aromatic heterocycles. The predicted molar refractivity (Wildman–Crippen MR) is 114 cm³/mol. The molecule has 0 atom stereocenters. The fourth-order valence-electron chi connectivity index (χ4n) is 4.24. The first-order valence-corrected chi connectivity index (χ1v) is 11.0. The third-order valence-corrected chi connectivity index (χ3v) is 6.18. The summed E-state index contributed by atoms with van der Waals surface area (Å²) in [6.45, 7) is 14.1. The van der Waals surface area contributed by atoms with Gasteiger partial charge in [-0.3, -0.25) is 14.6 Å². The summed E-state index contributed by atoms with van der Waals surface area (Å²) in [5, 5.41) is 4.59. The summed E-state index contributed by atoms with van der Waals surface area (Å²) in [5.41, 5.74) is 2.30. The lowest BCUT2D eigenvalue weighted by atomic mass is 9.92. The minimum Gasteiger partial charge on any atom is -0.331 e. The Morgan fingerprint density at radius 1 is 0.966 bits per heavy atom. The molecule has 7 nitrogen and oxygen atoms in total. The first kappa shape index (κ1) is 20.3. The van der Waals surface area contributed by atoms with Crippen molar-refractivity contribution in [2.24, 2.45) is 0 Å². The predicted octanol–water partition coefficient (Wildman–Crippen LogP) is 1.89. The highest BCUT2D eigenvalue weighted by Gasteiger charge is 2.21. The number of piperazine rings is 1. The van der Waals surface area contributed by atoms with Crippen LogP contribution in [0.4, 0.5) is 0 Å². The van der Waals surface area contributed by atoms with E-state index in [2.05, 4.69) is 51.4 Å². The molecule has 2 aliphatic rings. The van der Waals surface area contributed by atoms with E-state index in [0.29, 0.717) is 6.54 Å². The van der Waals surface area contributed by atoms with Crippen LogP contribution in [0.3, 0.4) is 0 Å². The summed E-state index contributed by atoms with van der Waals surface area (Å²) in [4.78, 5) is 21.8. The molecule has 0 aliphatic carbocycles. The minimum absolute atomic E-state index is 0.0132. The van der Waals surface area contributed by atoms with E-state index in [1.807, 2.05) is 6.07 Å². The van der Waals surface area contributed by atoms with Gasteiger partial charge in [0.1, 0.15) is 5.82 Å². The topological polar surface area (TPSA) is 59.2 Å². The molecule has 0 bridgehead atoms. The fourth-order valence-corrected chi connectivity index (χ4v) is 4.24. The van der Waals surface area contributed by atoms with Crippen molar-refractivity contribution in [2.45, 2.75) is 65.1 Å². The van der Waals surface area contributed by atoms with Crippen molar-refractivity contribution < 1.29 is 0 Å². The Morgan fingerprint density at radius 3 is 2.48 bits per heavy atom. The van der Waals surface area contributed by atoms with Gasteiger partial charge in [0.2, 0.25) is 0 Å². The standard InChI is InChI=1S/C22H34N6O/c1-22(2,3)19-7-8-21(29)28(24-19)15-14-25-10-12-26(13-11-25)17-20-23-16-18-6-4-5-9-27(18)20/h7-8,16H,4-6,9-15,17H2,1-3H3. The zero-order valence-corrected chi connectivity index (χ0v) is 18.1. The second-order valence-electron chi connectivity index (χ2n) is 9.42. The molecular formula is C22H34N6O. The monoisotopic (exact) mass is 398 g/mol. The van der Waals surface area contributed by atoms with Gasteiger partial charge in [0.15, 0.2) is 0 Å². The number of hydrogen-bond acceptors (Lipinski definition) is 5. The Bertz CT molecular complexity index is 885. The molecule has 2 aromatic rings. The normalized spacial score (nSPS) is 18.7. The molecule has 0 radical (unpaired) electrons. The van der Waals surface area contributed by atoms with E-state index < -0.39 is 0 Å². The highest BCUT2D eigenvalue weighted by molar-refractivity contribution is 5.11. The van der Waals surface area contributed by atoms with Crippen molar-refractivity contribution in [1.82, 2.24) is 29.1 Å². The quantitative estimate of drug-likeness (QED) is 0.770. The first-order valence-electron chi connectivity index (χ1n) is 11.0. The molecular weight excluding hydrogens is 364 g/mol. The van der Waals surface area contributed by atoms with Crippen LogP contribution in [0, 0.1) is 0 Å². The molecule has 0 saturated carbocycles. The summed E-state index contributed by atoms with van der Waals surface area (Å²) >= 11 is 0. The number of nitrogens with zero attached hydrogens (tertiary/aromatic N) is 6. The van der Waals surface area contributed by atoms with Crippen LogP contribution in [-0.2, 0) is 31.5 Å². The molecule has 158 valence electrons. The summed E-state index contributed by atoms with van der Waals surface area (Å²) in [5.74, 6) is 1.22. The Hall–Kier alpha value is -1.99. The van der Waals surface area contributed by atoms with E-state index in [4.69, 9.17) is 0 Å². The van der Waals surface area contributed by atoms with E-state index in [9.17, 15) is 4.79 Å². The Morgan fingerprint density at radius 2 is 1.72 bits per heavy atom. The third-order valence-electron chi connectivity index (χ3n) is 6.18. The van der Waals surface area contributed by atoms with E-state index >= 15 is 0 Å². The highest BCUT2D eigenvalue weighted by Crippen LogP contribution is 2.19. The second kappa shape index (κ2) is 8.40.